The first-order valence-corrected chi connectivity index (χ1v) is 12.9. The predicted octanol–water partition coefficient (Wildman–Crippen LogP) is 6.82. The van der Waals surface area contributed by atoms with E-state index in [1.165, 1.54) is 27.8 Å². The standard InChI is InChI=1S/C27H28N4OS2/c1-6-13-31-26(22-15-33-20(5)25(22)21-11-8-17(2)9-12-21)29-30-27(31)34-16-24(32)28-23-14-18(3)7-10-19(23)4/h6-12,14-15H,1,13,16H2,2-5H3,(H,28,32). The second kappa shape index (κ2) is 10.4. The maximum Gasteiger partial charge on any atom is 0.234 e. The van der Waals surface area contributed by atoms with Crippen LogP contribution in [0, 0.1) is 27.7 Å². The zero-order valence-electron chi connectivity index (χ0n) is 19.9. The van der Waals surface area contributed by atoms with E-state index in [1.807, 2.05) is 42.7 Å². The van der Waals surface area contributed by atoms with Crippen molar-refractivity contribution in [3.63, 3.8) is 0 Å². The van der Waals surface area contributed by atoms with Gasteiger partial charge in [0.1, 0.15) is 0 Å². The predicted molar refractivity (Wildman–Crippen MR) is 144 cm³/mol. The molecule has 5 nitrogen and oxygen atoms in total. The van der Waals surface area contributed by atoms with Gasteiger partial charge in [-0.15, -0.1) is 28.1 Å². The Balaban J connectivity index is 1.58. The summed E-state index contributed by atoms with van der Waals surface area (Å²) in [7, 11) is 0. The number of anilines is 1. The second-order valence-electron chi connectivity index (χ2n) is 8.31. The van der Waals surface area contributed by atoms with Crippen molar-refractivity contribution in [3.8, 4) is 22.5 Å². The number of nitrogens with zero attached hydrogens (tertiary/aromatic N) is 3. The molecule has 34 heavy (non-hydrogen) atoms. The van der Waals surface area contributed by atoms with Crippen molar-refractivity contribution in [2.45, 2.75) is 39.4 Å². The van der Waals surface area contributed by atoms with Crippen LogP contribution in [-0.2, 0) is 11.3 Å². The summed E-state index contributed by atoms with van der Waals surface area (Å²) in [6.45, 7) is 12.7. The number of aromatic nitrogens is 3. The lowest BCUT2D eigenvalue weighted by molar-refractivity contribution is -0.113. The number of thioether (sulfide) groups is 1. The summed E-state index contributed by atoms with van der Waals surface area (Å²) in [5.41, 5.74) is 7.60. The van der Waals surface area contributed by atoms with Crippen LogP contribution >= 0.6 is 23.1 Å². The summed E-state index contributed by atoms with van der Waals surface area (Å²) in [5.74, 6) is 0.966. The van der Waals surface area contributed by atoms with Gasteiger partial charge >= 0.3 is 0 Å². The van der Waals surface area contributed by atoms with Crippen molar-refractivity contribution in [3.05, 3.63) is 82.1 Å². The van der Waals surface area contributed by atoms with E-state index in [0.717, 1.165) is 33.8 Å². The molecule has 0 aliphatic carbocycles. The molecule has 7 heteroatoms. The van der Waals surface area contributed by atoms with Gasteiger partial charge < -0.3 is 5.32 Å². The molecule has 0 spiro atoms. The Morgan fingerprint density at radius 1 is 1.09 bits per heavy atom. The van der Waals surface area contributed by atoms with E-state index in [1.54, 1.807) is 11.3 Å². The van der Waals surface area contributed by atoms with E-state index < -0.39 is 0 Å². The molecule has 0 aliphatic heterocycles. The number of allylic oxidation sites excluding steroid dienone is 1. The van der Waals surface area contributed by atoms with Crippen LogP contribution in [0.4, 0.5) is 5.69 Å². The van der Waals surface area contributed by atoms with E-state index in [4.69, 9.17) is 0 Å². The van der Waals surface area contributed by atoms with Crippen molar-refractivity contribution < 1.29 is 4.79 Å². The van der Waals surface area contributed by atoms with E-state index in [2.05, 4.69) is 65.6 Å². The summed E-state index contributed by atoms with van der Waals surface area (Å²) in [6.07, 6.45) is 1.83. The summed E-state index contributed by atoms with van der Waals surface area (Å²) in [5, 5.41) is 14.8. The number of amides is 1. The van der Waals surface area contributed by atoms with Crippen molar-refractivity contribution in [1.82, 2.24) is 14.8 Å². The molecule has 2 heterocycles. The Hall–Kier alpha value is -3.16. The van der Waals surface area contributed by atoms with Crippen LogP contribution < -0.4 is 5.32 Å². The van der Waals surface area contributed by atoms with E-state index >= 15 is 0 Å². The number of hydrogen-bond acceptors (Lipinski definition) is 5. The molecule has 0 saturated carbocycles. The first-order chi connectivity index (χ1) is 16.4. The molecule has 174 valence electrons. The maximum absolute atomic E-state index is 12.7. The Morgan fingerprint density at radius 3 is 2.56 bits per heavy atom. The molecule has 1 amide bonds. The molecule has 0 radical (unpaired) electrons. The fraction of sp³-hybridized carbons (Fsp3) is 0.222. The van der Waals surface area contributed by atoms with Gasteiger partial charge in [-0.1, -0.05) is 59.8 Å². The third kappa shape index (κ3) is 5.16. The molecular weight excluding hydrogens is 460 g/mol. The van der Waals surface area contributed by atoms with Gasteiger partial charge in [-0.2, -0.15) is 0 Å². The molecular formula is C27H28N4OS2. The van der Waals surface area contributed by atoms with Crippen LogP contribution in [0.25, 0.3) is 22.5 Å². The highest BCUT2D eigenvalue weighted by molar-refractivity contribution is 7.99. The Morgan fingerprint density at radius 2 is 1.82 bits per heavy atom. The topological polar surface area (TPSA) is 59.8 Å². The van der Waals surface area contributed by atoms with Crippen LogP contribution in [-0.4, -0.2) is 26.4 Å². The Labute approximate surface area is 208 Å². The largest absolute Gasteiger partial charge is 0.325 e. The van der Waals surface area contributed by atoms with Gasteiger partial charge in [0.25, 0.3) is 0 Å². The molecule has 0 fully saturated rings. The summed E-state index contributed by atoms with van der Waals surface area (Å²) in [6, 6.07) is 14.6. The molecule has 0 aliphatic rings. The average molecular weight is 489 g/mol. The minimum absolute atomic E-state index is 0.0693. The molecule has 2 aromatic carbocycles. The number of carbonyl (C=O) groups is 1. The molecule has 4 rings (SSSR count). The van der Waals surface area contributed by atoms with Crippen LogP contribution in [0.1, 0.15) is 21.6 Å². The second-order valence-corrected chi connectivity index (χ2v) is 10.3. The van der Waals surface area contributed by atoms with Crippen LogP contribution in [0.15, 0.2) is 65.7 Å². The molecule has 4 aromatic rings. The number of rotatable bonds is 8. The van der Waals surface area contributed by atoms with E-state index in [9.17, 15) is 4.79 Å². The van der Waals surface area contributed by atoms with Crippen LogP contribution in [0.5, 0.6) is 0 Å². The number of aryl methyl sites for hydroxylation is 4. The fourth-order valence-electron chi connectivity index (χ4n) is 3.77. The SMILES string of the molecule is C=CCn1c(SCC(=O)Nc2cc(C)ccc2C)nnc1-c1csc(C)c1-c1ccc(C)cc1. The van der Waals surface area contributed by atoms with Gasteiger partial charge in [0, 0.05) is 33.6 Å². The quantitative estimate of drug-likeness (QED) is 0.218. The highest BCUT2D eigenvalue weighted by atomic mass is 32.2. The molecule has 1 N–H and O–H groups in total. The van der Waals surface area contributed by atoms with E-state index in [-0.39, 0.29) is 11.7 Å². The normalized spacial score (nSPS) is 10.9. The smallest absolute Gasteiger partial charge is 0.234 e. The summed E-state index contributed by atoms with van der Waals surface area (Å²) < 4.78 is 2.03. The minimum atomic E-state index is -0.0693. The number of benzene rings is 2. The van der Waals surface area contributed by atoms with Crippen molar-refractivity contribution in [2.24, 2.45) is 0 Å². The van der Waals surface area contributed by atoms with E-state index in [0.29, 0.717) is 11.7 Å². The van der Waals surface area contributed by atoms with Crippen molar-refractivity contribution >= 4 is 34.7 Å². The highest BCUT2D eigenvalue weighted by Gasteiger charge is 2.20. The lowest BCUT2D eigenvalue weighted by atomic mass is 10.0. The fourth-order valence-corrected chi connectivity index (χ4v) is 5.38. The molecule has 0 atom stereocenters. The van der Waals surface area contributed by atoms with Gasteiger partial charge in [-0.3, -0.25) is 9.36 Å². The average Bonchev–Trinajstić information content (AvgIpc) is 3.38. The summed E-state index contributed by atoms with van der Waals surface area (Å²) >= 11 is 3.09. The number of nitrogens with one attached hydrogen (secondary N) is 1. The van der Waals surface area contributed by atoms with Gasteiger partial charge in [0.2, 0.25) is 5.91 Å². The first-order valence-electron chi connectivity index (χ1n) is 11.1. The maximum atomic E-state index is 12.7. The molecule has 0 unspecified atom stereocenters. The van der Waals surface area contributed by atoms with Gasteiger partial charge in [0.05, 0.1) is 5.75 Å². The lowest BCUT2D eigenvalue weighted by Gasteiger charge is -2.11. The monoisotopic (exact) mass is 488 g/mol. The molecule has 2 aromatic heterocycles. The first kappa shape index (κ1) is 24.0. The van der Waals surface area contributed by atoms with Crippen LogP contribution in [0.2, 0.25) is 0 Å². The van der Waals surface area contributed by atoms with Gasteiger partial charge in [0.15, 0.2) is 11.0 Å². The number of hydrogen-bond donors (Lipinski definition) is 1. The van der Waals surface area contributed by atoms with Crippen molar-refractivity contribution in [2.75, 3.05) is 11.1 Å². The van der Waals surface area contributed by atoms with Crippen LogP contribution in [0.3, 0.4) is 0 Å². The molecule has 0 saturated heterocycles. The van der Waals surface area contributed by atoms with Gasteiger partial charge in [-0.05, 0) is 50.5 Å². The third-order valence-electron chi connectivity index (χ3n) is 5.58. The number of thiophene rings is 1. The van der Waals surface area contributed by atoms with Gasteiger partial charge in [-0.25, -0.2) is 0 Å². The Bertz CT molecular complexity index is 1340. The Kier molecular flexibility index (Phi) is 7.34. The zero-order chi connectivity index (χ0) is 24.2. The summed E-state index contributed by atoms with van der Waals surface area (Å²) in [4.78, 5) is 13.9. The lowest BCUT2D eigenvalue weighted by Crippen LogP contribution is -2.15. The minimum Gasteiger partial charge on any atom is -0.325 e. The highest BCUT2D eigenvalue weighted by Crippen LogP contribution is 2.39. The third-order valence-corrected chi connectivity index (χ3v) is 7.46. The zero-order valence-corrected chi connectivity index (χ0v) is 21.5. The molecule has 0 bridgehead atoms. The van der Waals surface area contributed by atoms with Crippen molar-refractivity contribution in [1.29, 1.82) is 0 Å². The number of carbonyl (C=O) groups excluding carboxylic acids is 1.